The third-order valence-electron chi connectivity index (χ3n) is 2.30. The maximum absolute atomic E-state index is 12.0. The molecule has 1 rings (SSSR count). The Morgan fingerprint density at radius 2 is 1.88 bits per heavy atom. The SMILES string of the molecule is Cc1ccc(S(=O)(=O)NCC(C)C)c(C)c1. The zero-order chi connectivity index (χ0) is 12.3. The van der Waals surface area contributed by atoms with Gasteiger partial charge in [-0.1, -0.05) is 31.5 Å². The third kappa shape index (κ3) is 3.32. The molecule has 0 amide bonds. The topological polar surface area (TPSA) is 46.2 Å². The summed E-state index contributed by atoms with van der Waals surface area (Å²) in [6.07, 6.45) is 0. The van der Waals surface area contributed by atoms with Gasteiger partial charge < -0.3 is 0 Å². The number of hydrogen-bond donors (Lipinski definition) is 1. The lowest BCUT2D eigenvalue weighted by Crippen LogP contribution is -2.28. The number of benzene rings is 1. The second-order valence-electron chi connectivity index (χ2n) is 4.51. The molecule has 16 heavy (non-hydrogen) atoms. The van der Waals surface area contributed by atoms with Gasteiger partial charge in [-0.2, -0.15) is 0 Å². The summed E-state index contributed by atoms with van der Waals surface area (Å²) in [6, 6.07) is 5.36. The van der Waals surface area contributed by atoms with Crippen LogP contribution < -0.4 is 4.72 Å². The van der Waals surface area contributed by atoms with Gasteiger partial charge in [-0.25, -0.2) is 13.1 Å². The van der Waals surface area contributed by atoms with Crippen molar-refractivity contribution in [1.82, 2.24) is 4.72 Å². The molecule has 0 radical (unpaired) electrons. The first-order valence-electron chi connectivity index (χ1n) is 5.40. The van der Waals surface area contributed by atoms with Crippen LogP contribution in [0.4, 0.5) is 0 Å². The van der Waals surface area contributed by atoms with Crippen LogP contribution in [0.5, 0.6) is 0 Å². The molecule has 1 aromatic carbocycles. The summed E-state index contributed by atoms with van der Waals surface area (Å²) in [5.41, 5.74) is 1.86. The molecule has 1 aromatic rings. The number of aryl methyl sites for hydroxylation is 2. The predicted octanol–water partition coefficient (Wildman–Crippen LogP) is 2.24. The minimum absolute atomic E-state index is 0.306. The highest BCUT2D eigenvalue weighted by Crippen LogP contribution is 2.16. The summed E-state index contributed by atoms with van der Waals surface area (Å²) >= 11 is 0. The summed E-state index contributed by atoms with van der Waals surface area (Å²) in [5.74, 6) is 0.306. The zero-order valence-electron chi connectivity index (χ0n) is 10.2. The Morgan fingerprint density at radius 3 is 2.38 bits per heavy atom. The largest absolute Gasteiger partial charge is 0.240 e. The van der Waals surface area contributed by atoms with Crippen molar-refractivity contribution >= 4 is 10.0 Å². The van der Waals surface area contributed by atoms with Crippen molar-refractivity contribution in [1.29, 1.82) is 0 Å². The highest BCUT2D eigenvalue weighted by molar-refractivity contribution is 7.89. The molecule has 4 heteroatoms. The van der Waals surface area contributed by atoms with Crippen LogP contribution in [-0.4, -0.2) is 15.0 Å². The summed E-state index contributed by atoms with van der Waals surface area (Å²) in [6.45, 7) is 8.19. The second-order valence-corrected chi connectivity index (χ2v) is 6.25. The Kier molecular flexibility index (Phi) is 4.10. The third-order valence-corrected chi connectivity index (χ3v) is 3.89. The van der Waals surface area contributed by atoms with E-state index < -0.39 is 10.0 Å². The molecule has 0 unspecified atom stereocenters. The molecule has 0 saturated carbocycles. The molecule has 0 aliphatic heterocycles. The first-order chi connectivity index (χ1) is 7.33. The lowest BCUT2D eigenvalue weighted by Gasteiger charge is -2.11. The van der Waals surface area contributed by atoms with Gasteiger partial charge in [0.1, 0.15) is 0 Å². The molecule has 0 bridgehead atoms. The van der Waals surface area contributed by atoms with Crippen LogP contribution in [0.3, 0.4) is 0 Å². The van der Waals surface area contributed by atoms with E-state index in [0.29, 0.717) is 17.4 Å². The van der Waals surface area contributed by atoms with Gasteiger partial charge in [0.2, 0.25) is 10.0 Å². The van der Waals surface area contributed by atoms with Crippen LogP contribution in [0.15, 0.2) is 23.1 Å². The molecular weight excluding hydrogens is 222 g/mol. The van der Waals surface area contributed by atoms with Crippen molar-refractivity contribution in [2.75, 3.05) is 6.54 Å². The van der Waals surface area contributed by atoms with E-state index in [-0.39, 0.29) is 0 Å². The van der Waals surface area contributed by atoms with Crippen LogP contribution >= 0.6 is 0 Å². The molecule has 0 spiro atoms. The Bertz CT molecular complexity index is 464. The molecule has 3 nitrogen and oxygen atoms in total. The number of sulfonamides is 1. The van der Waals surface area contributed by atoms with Crippen molar-refractivity contribution in [3.8, 4) is 0 Å². The fourth-order valence-electron chi connectivity index (χ4n) is 1.45. The average molecular weight is 241 g/mol. The van der Waals surface area contributed by atoms with Crippen LogP contribution in [0.2, 0.25) is 0 Å². The Labute approximate surface area is 97.9 Å². The molecule has 1 N–H and O–H groups in total. The maximum Gasteiger partial charge on any atom is 0.240 e. The predicted molar refractivity (Wildman–Crippen MR) is 65.9 cm³/mol. The smallest absolute Gasteiger partial charge is 0.211 e. The zero-order valence-corrected chi connectivity index (χ0v) is 11.1. The van der Waals surface area contributed by atoms with Gasteiger partial charge in [0.25, 0.3) is 0 Å². The normalized spacial score (nSPS) is 12.1. The van der Waals surface area contributed by atoms with Crippen molar-refractivity contribution < 1.29 is 8.42 Å². The first kappa shape index (κ1) is 13.2. The number of nitrogens with one attached hydrogen (secondary N) is 1. The Balaban J connectivity index is 2.99. The van der Waals surface area contributed by atoms with E-state index in [1.165, 1.54) is 0 Å². The van der Waals surface area contributed by atoms with Crippen LogP contribution in [-0.2, 0) is 10.0 Å². The molecule has 0 saturated heterocycles. The molecule has 0 atom stereocenters. The quantitative estimate of drug-likeness (QED) is 0.878. The fraction of sp³-hybridized carbons (Fsp3) is 0.500. The van der Waals surface area contributed by atoms with Crippen molar-refractivity contribution in [2.24, 2.45) is 5.92 Å². The molecule has 0 fully saturated rings. The highest BCUT2D eigenvalue weighted by Gasteiger charge is 2.16. The second kappa shape index (κ2) is 4.97. The standard InChI is InChI=1S/C12H19NO2S/c1-9(2)8-13-16(14,15)12-6-5-10(3)7-11(12)4/h5-7,9,13H,8H2,1-4H3. The van der Waals surface area contributed by atoms with E-state index in [0.717, 1.165) is 11.1 Å². The molecular formula is C12H19NO2S. The molecule has 0 heterocycles. The summed E-state index contributed by atoms with van der Waals surface area (Å²) in [5, 5.41) is 0. The van der Waals surface area contributed by atoms with E-state index in [9.17, 15) is 8.42 Å². The van der Waals surface area contributed by atoms with Gasteiger partial charge >= 0.3 is 0 Å². The fourth-order valence-corrected chi connectivity index (χ4v) is 2.89. The first-order valence-corrected chi connectivity index (χ1v) is 6.88. The van der Waals surface area contributed by atoms with E-state index in [1.54, 1.807) is 6.07 Å². The van der Waals surface area contributed by atoms with Gasteiger partial charge in [-0.3, -0.25) is 0 Å². The minimum atomic E-state index is -3.35. The molecule has 0 aliphatic carbocycles. The van der Waals surface area contributed by atoms with Gasteiger partial charge in [0.05, 0.1) is 4.90 Å². The molecule has 90 valence electrons. The van der Waals surface area contributed by atoms with Gasteiger partial charge in [-0.05, 0) is 31.4 Å². The Hall–Kier alpha value is -0.870. The summed E-state index contributed by atoms with van der Waals surface area (Å²) in [4.78, 5) is 0.374. The lowest BCUT2D eigenvalue weighted by atomic mass is 10.2. The lowest BCUT2D eigenvalue weighted by molar-refractivity contribution is 0.559. The minimum Gasteiger partial charge on any atom is -0.211 e. The van der Waals surface area contributed by atoms with E-state index >= 15 is 0 Å². The molecule has 0 aromatic heterocycles. The summed E-state index contributed by atoms with van der Waals surface area (Å²) < 4.78 is 26.5. The van der Waals surface area contributed by atoms with Crippen molar-refractivity contribution in [2.45, 2.75) is 32.6 Å². The van der Waals surface area contributed by atoms with Crippen LogP contribution in [0.25, 0.3) is 0 Å². The molecule has 0 aliphatic rings. The summed E-state index contributed by atoms with van der Waals surface area (Å²) in [7, 11) is -3.35. The monoisotopic (exact) mass is 241 g/mol. The Morgan fingerprint density at radius 1 is 1.25 bits per heavy atom. The number of rotatable bonds is 4. The van der Waals surface area contributed by atoms with Gasteiger partial charge in [0, 0.05) is 6.54 Å². The van der Waals surface area contributed by atoms with Gasteiger partial charge in [0.15, 0.2) is 0 Å². The number of hydrogen-bond acceptors (Lipinski definition) is 2. The van der Waals surface area contributed by atoms with E-state index in [2.05, 4.69) is 4.72 Å². The van der Waals surface area contributed by atoms with Crippen molar-refractivity contribution in [3.05, 3.63) is 29.3 Å². The van der Waals surface area contributed by atoms with Gasteiger partial charge in [-0.15, -0.1) is 0 Å². The highest BCUT2D eigenvalue weighted by atomic mass is 32.2. The van der Waals surface area contributed by atoms with Crippen LogP contribution in [0.1, 0.15) is 25.0 Å². The van der Waals surface area contributed by atoms with Crippen molar-refractivity contribution in [3.63, 3.8) is 0 Å². The average Bonchev–Trinajstić information content (AvgIpc) is 2.14. The van der Waals surface area contributed by atoms with E-state index in [1.807, 2.05) is 39.8 Å². The maximum atomic E-state index is 12.0. The van der Waals surface area contributed by atoms with Crippen LogP contribution in [0, 0.1) is 19.8 Å². The van der Waals surface area contributed by atoms with E-state index in [4.69, 9.17) is 0 Å².